The van der Waals surface area contributed by atoms with Crippen LogP contribution in [0.25, 0.3) is 0 Å². The van der Waals surface area contributed by atoms with E-state index >= 15 is 0 Å². The molecular formula is C13H17NO2S. The van der Waals surface area contributed by atoms with Gasteiger partial charge in [0.2, 0.25) is 0 Å². The molecule has 3 nitrogen and oxygen atoms in total. The quantitative estimate of drug-likeness (QED) is 0.896. The summed E-state index contributed by atoms with van der Waals surface area (Å²) in [5.41, 5.74) is 7.46. The number of ether oxygens (including phenoxy) is 2. The predicted octanol–water partition coefficient (Wildman–Crippen LogP) is 2.52. The molecule has 1 saturated carbocycles. The zero-order valence-electron chi connectivity index (χ0n) is 10.2. The molecule has 1 atom stereocenters. The van der Waals surface area contributed by atoms with E-state index in [0.29, 0.717) is 5.94 Å². The van der Waals surface area contributed by atoms with Gasteiger partial charge in [-0.25, -0.2) is 0 Å². The van der Waals surface area contributed by atoms with Crippen molar-refractivity contribution in [1.82, 2.24) is 0 Å². The molecule has 1 aromatic carbocycles. The summed E-state index contributed by atoms with van der Waals surface area (Å²) >= 11 is 1.71. The number of hydrogen-bond donors (Lipinski definition) is 1. The second-order valence-electron chi connectivity index (χ2n) is 4.85. The van der Waals surface area contributed by atoms with Crippen LogP contribution in [0.5, 0.6) is 11.5 Å². The third-order valence-electron chi connectivity index (χ3n) is 3.89. The fourth-order valence-electron chi connectivity index (χ4n) is 2.59. The summed E-state index contributed by atoms with van der Waals surface area (Å²) < 4.78 is 11.1. The van der Waals surface area contributed by atoms with Gasteiger partial charge in [0.1, 0.15) is 17.4 Å². The molecular weight excluding hydrogens is 234 g/mol. The monoisotopic (exact) mass is 251 g/mol. The van der Waals surface area contributed by atoms with E-state index in [-0.39, 0.29) is 11.5 Å². The van der Waals surface area contributed by atoms with Crippen LogP contribution >= 0.6 is 11.8 Å². The van der Waals surface area contributed by atoms with E-state index < -0.39 is 0 Å². The maximum atomic E-state index is 6.13. The summed E-state index contributed by atoms with van der Waals surface area (Å²) in [4.78, 5) is 1.17. The average molecular weight is 251 g/mol. The lowest BCUT2D eigenvalue weighted by atomic mass is 9.88. The molecule has 2 aliphatic rings. The second kappa shape index (κ2) is 3.82. The highest BCUT2D eigenvalue weighted by molar-refractivity contribution is 7.99. The van der Waals surface area contributed by atoms with Gasteiger partial charge in [-0.05, 0) is 31.9 Å². The van der Waals surface area contributed by atoms with Crippen LogP contribution in [0, 0.1) is 0 Å². The summed E-state index contributed by atoms with van der Waals surface area (Å²) in [6.07, 6.45) is 2.29. The van der Waals surface area contributed by atoms with Crippen molar-refractivity contribution in [1.29, 1.82) is 0 Å². The van der Waals surface area contributed by atoms with E-state index in [1.54, 1.807) is 18.9 Å². The van der Waals surface area contributed by atoms with Crippen LogP contribution in [0.4, 0.5) is 0 Å². The molecule has 0 radical (unpaired) electrons. The van der Waals surface area contributed by atoms with Gasteiger partial charge in [-0.2, -0.15) is 0 Å². The Morgan fingerprint density at radius 3 is 2.82 bits per heavy atom. The number of thioether (sulfide) groups is 1. The van der Waals surface area contributed by atoms with Gasteiger partial charge < -0.3 is 15.2 Å². The van der Waals surface area contributed by atoms with E-state index in [2.05, 4.69) is 19.1 Å². The molecule has 17 heavy (non-hydrogen) atoms. The fraction of sp³-hybridized carbons (Fsp3) is 0.538. The number of benzene rings is 1. The molecule has 2 N–H and O–H groups in total. The fourth-order valence-corrected chi connectivity index (χ4v) is 3.35. The van der Waals surface area contributed by atoms with Crippen LogP contribution in [0.2, 0.25) is 0 Å². The Balaban J connectivity index is 2.10. The molecule has 0 bridgehead atoms. The first-order valence-corrected chi connectivity index (χ1v) is 6.89. The topological polar surface area (TPSA) is 44.5 Å². The van der Waals surface area contributed by atoms with Crippen molar-refractivity contribution in [2.24, 2.45) is 5.73 Å². The molecule has 0 amide bonds. The summed E-state index contributed by atoms with van der Waals surface area (Å²) in [5, 5.41) is 0. The molecule has 1 aliphatic heterocycles. The van der Waals surface area contributed by atoms with Gasteiger partial charge in [-0.3, -0.25) is 0 Å². The summed E-state index contributed by atoms with van der Waals surface area (Å²) in [5.74, 6) is 2.64. The number of methoxy groups -OCH3 is 1. The summed E-state index contributed by atoms with van der Waals surface area (Å²) in [6.45, 7) is 2.08. The zero-order chi connectivity index (χ0) is 12.0. The predicted molar refractivity (Wildman–Crippen MR) is 68.9 cm³/mol. The van der Waals surface area contributed by atoms with Crippen LogP contribution in [0.15, 0.2) is 17.0 Å². The summed E-state index contributed by atoms with van der Waals surface area (Å²) in [7, 11) is 1.73. The Morgan fingerprint density at radius 1 is 1.47 bits per heavy atom. The largest absolute Gasteiger partial charge is 0.496 e. The Labute approximate surface area is 106 Å². The van der Waals surface area contributed by atoms with E-state index in [1.165, 1.54) is 10.5 Å². The minimum absolute atomic E-state index is 0.108. The van der Waals surface area contributed by atoms with Gasteiger partial charge in [-0.1, -0.05) is 11.8 Å². The van der Waals surface area contributed by atoms with Gasteiger partial charge in [0.05, 0.1) is 12.0 Å². The van der Waals surface area contributed by atoms with E-state index in [0.717, 1.165) is 24.3 Å². The maximum absolute atomic E-state index is 6.13. The minimum Gasteiger partial charge on any atom is -0.496 e. The van der Waals surface area contributed by atoms with Gasteiger partial charge in [-0.15, -0.1) is 0 Å². The van der Waals surface area contributed by atoms with Crippen molar-refractivity contribution in [3.8, 4) is 11.5 Å². The van der Waals surface area contributed by atoms with Crippen LogP contribution < -0.4 is 15.2 Å². The molecule has 1 fully saturated rings. The highest BCUT2D eigenvalue weighted by Gasteiger charge is 2.49. The normalized spacial score (nSPS) is 21.6. The number of hydrogen-bond acceptors (Lipinski definition) is 4. The molecule has 4 heteroatoms. The molecule has 1 unspecified atom stereocenters. The Hall–Kier alpha value is -0.870. The van der Waals surface area contributed by atoms with Gasteiger partial charge >= 0.3 is 0 Å². The standard InChI is InChI=1S/C13H17NO2S/c1-8(14)13(3-4-13)9-5-11-12(17-7-16-11)6-10(9)15-2/h5-6,8H,3-4,7,14H2,1-2H3. The lowest BCUT2D eigenvalue weighted by Crippen LogP contribution is -2.31. The third-order valence-corrected chi connectivity index (χ3v) is 4.76. The highest BCUT2D eigenvalue weighted by Crippen LogP contribution is 2.55. The third kappa shape index (κ3) is 1.62. The maximum Gasteiger partial charge on any atom is 0.138 e. The van der Waals surface area contributed by atoms with E-state index in [1.807, 2.05) is 0 Å². The van der Waals surface area contributed by atoms with Gasteiger partial charge in [0.25, 0.3) is 0 Å². The van der Waals surface area contributed by atoms with Gasteiger partial charge in [0.15, 0.2) is 0 Å². The Morgan fingerprint density at radius 2 is 2.24 bits per heavy atom. The van der Waals surface area contributed by atoms with Crippen LogP contribution in [0.3, 0.4) is 0 Å². The lowest BCUT2D eigenvalue weighted by Gasteiger charge is -2.23. The van der Waals surface area contributed by atoms with Crippen LogP contribution in [-0.2, 0) is 5.41 Å². The first kappa shape index (κ1) is 11.2. The van der Waals surface area contributed by atoms with E-state index in [9.17, 15) is 0 Å². The average Bonchev–Trinajstić information content (AvgIpc) is 3.01. The molecule has 0 saturated heterocycles. The molecule has 1 aliphatic carbocycles. The van der Waals surface area contributed by atoms with E-state index in [4.69, 9.17) is 15.2 Å². The van der Waals surface area contributed by atoms with Crippen molar-refractivity contribution in [2.45, 2.75) is 36.1 Å². The molecule has 0 spiro atoms. The number of fused-ring (bicyclic) bond motifs is 1. The van der Waals surface area contributed by atoms with Crippen molar-refractivity contribution >= 4 is 11.8 Å². The lowest BCUT2D eigenvalue weighted by molar-refractivity contribution is 0.381. The van der Waals surface area contributed by atoms with Crippen molar-refractivity contribution in [2.75, 3.05) is 13.0 Å². The molecule has 3 rings (SSSR count). The van der Waals surface area contributed by atoms with Crippen molar-refractivity contribution < 1.29 is 9.47 Å². The zero-order valence-corrected chi connectivity index (χ0v) is 11.0. The minimum atomic E-state index is 0.108. The Bertz CT molecular complexity index is 455. The number of rotatable bonds is 3. The smallest absolute Gasteiger partial charge is 0.138 e. The van der Waals surface area contributed by atoms with Gasteiger partial charge in [0, 0.05) is 17.0 Å². The van der Waals surface area contributed by atoms with Crippen LogP contribution in [0.1, 0.15) is 25.3 Å². The molecule has 0 aromatic heterocycles. The highest BCUT2D eigenvalue weighted by atomic mass is 32.2. The number of nitrogens with two attached hydrogens (primary N) is 1. The first-order valence-electron chi connectivity index (χ1n) is 5.91. The molecule has 1 heterocycles. The molecule has 92 valence electrons. The summed E-state index contributed by atoms with van der Waals surface area (Å²) in [6, 6.07) is 4.37. The van der Waals surface area contributed by atoms with Crippen molar-refractivity contribution in [3.63, 3.8) is 0 Å². The first-order chi connectivity index (χ1) is 8.17. The SMILES string of the molecule is COc1cc2c(cc1C1(C(C)N)CC1)OCS2. The van der Waals surface area contributed by atoms with Crippen LogP contribution in [-0.4, -0.2) is 19.1 Å². The van der Waals surface area contributed by atoms with Crippen molar-refractivity contribution in [3.05, 3.63) is 17.7 Å². The molecule has 1 aromatic rings. The second-order valence-corrected chi connectivity index (χ2v) is 5.81. The Kier molecular flexibility index (Phi) is 2.52.